The molecule has 7 nitrogen and oxygen atoms in total. The van der Waals surface area contributed by atoms with E-state index in [1.807, 2.05) is 13.1 Å². The van der Waals surface area contributed by atoms with Gasteiger partial charge in [-0.3, -0.25) is 4.99 Å². The van der Waals surface area contributed by atoms with E-state index in [2.05, 4.69) is 62.0 Å². The van der Waals surface area contributed by atoms with Crippen LogP contribution in [0, 0.1) is 6.92 Å². The molecule has 0 amide bonds. The van der Waals surface area contributed by atoms with E-state index in [9.17, 15) is 0 Å². The molecule has 2 aromatic carbocycles. The topological polar surface area (TPSA) is 63.9 Å². The quantitative estimate of drug-likeness (QED) is 0.307. The molecule has 4 rings (SSSR count). The Bertz CT molecular complexity index is 1080. The van der Waals surface area contributed by atoms with E-state index in [-0.39, 0.29) is 24.0 Å². The molecule has 0 saturated carbocycles. The van der Waals surface area contributed by atoms with Crippen LogP contribution in [0.5, 0.6) is 11.5 Å². The summed E-state index contributed by atoms with van der Waals surface area (Å²) in [6.45, 7) is 5.37. The molecule has 0 radical (unpaired) electrons. The molecule has 3 aromatic rings. The van der Waals surface area contributed by atoms with Crippen LogP contribution < -0.4 is 14.8 Å². The highest BCUT2D eigenvalue weighted by atomic mass is 127. The molecule has 0 spiro atoms. The summed E-state index contributed by atoms with van der Waals surface area (Å²) in [6, 6.07) is 12.4. The monoisotopic (exact) mass is 535 g/mol. The average Bonchev–Trinajstić information content (AvgIpc) is 3.10. The number of rotatable bonds is 5. The number of guanidine groups is 1. The summed E-state index contributed by atoms with van der Waals surface area (Å²) in [7, 11) is 5.19. The van der Waals surface area contributed by atoms with Crippen molar-refractivity contribution in [1.29, 1.82) is 0 Å². The van der Waals surface area contributed by atoms with Crippen molar-refractivity contribution >= 4 is 41.0 Å². The van der Waals surface area contributed by atoms with Crippen LogP contribution in [0.4, 0.5) is 0 Å². The van der Waals surface area contributed by atoms with Gasteiger partial charge in [0.25, 0.3) is 0 Å². The molecule has 31 heavy (non-hydrogen) atoms. The first-order valence-electron chi connectivity index (χ1n) is 10.3. The number of para-hydroxylation sites is 2. The molecule has 1 N–H and O–H groups in total. The van der Waals surface area contributed by atoms with Crippen LogP contribution in [0.1, 0.15) is 17.0 Å². The lowest BCUT2D eigenvalue weighted by molar-refractivity contribution is 0.345. The molecule has 8 heteroatoms. The minimum atomic E-state index is 0. The molecule has 0 bridgehead atoms. The summed E-state index contributed by atoms with van der Waals surface area (Å²) in [5.74, 6) is 3.50. The van der Waals surface area contributed by atoms with E-state index in [4.69, 9.17) is 9.47 Å². The summed E-state index contributed by atoms with van der Waals surface area (Å²) in [5.41, 5.74) is 4.76. The van der Waals surface area contributed by atoms with Gasteiger partial charge in [-0.05, 0) is 48.7 Å². The van der Waals surface area contributed by atoms with Gasteiger partial charge >= 0.3 is 0 Å². The Morgan fingerprint density at radius 1 is 1.13 bits per heavy atom. The van der Waals surface area contributed by atoms with Crippen LogP contribution in [0.15, 0.2) is 41.4 Å². The van der Waals surface area contributed by atoms with Crippen LogP contribution in [0.25, 0.3) is 11.0 Å². The lowest BCUT2D eigenvalue weighted by Gasteiger charge is -2.32. The summed E-state index contributed by atoms with van der Waals surface area (Å²) >= 11 is 0. The van der Waals surface area contributed by atoms with Gasteiger partial charge in [-0.1, -0.05) is 12.1 Å². The first-order chi connectivity index (χ1) is 14.6. The number of fused-ring (bicyclic) bond motifs is 2. The third-order valence-electron chi connectivity index (χ3n) is 5.69. The van der Waals surface area contributed by atoms with Gasteiger partial charge in [0.15, 0.2) is 17.5 Å². The molecular formula is C23H30IN5O2. The van der Waals surface area contributed by atoms with Gasteiger partial charge in [0.2, 0.25) is 0 Å². The van der Waals surface area contributed by atoms with Crippen molar-refractivity contribution < 1.29 is 9.47 Å². The van der Waals surface area contributed by atoms with Gasteiger partial charge in [-0.15, -0.1) is 24.0 Å². The second kappa shape index (κ2) is 10.2. The summed E-state index contributed by atoms with van der Waals surface area (Å²) in [4.78, 5) is 11.4. The summed E-state index contributed by atoms with van der Waals surface area (Å²) in [6.07, 6.45) is 0.946. The maximum atomic E-state index is 5.48. The lowest BCUT2D eigenvalue weighted by Crippen LogP contribution is -2.44. The Morgan fingerprint density at radius 3 is 2.55 bits per heavy atom. The van der Waals surface area contributed by atoms with Gasteiger partial charge in [0.1, 0.15) is 5.82 Å². The van der Waals surface area contributed by atoms with Crippen LogP contribution in [0.3, 0.4) is 0 Å². The van der Waals surface area contributed by atoms with Gasteiger partial charge < -0.3 is 24.3 Å². The normalized spacial score (nSPS) is 13.5. The van der Waals surface area contributed by atoms with Crippen molar-refractivity contribution in [3.63, 3.8) is 0 Å². The van der Waals surface area contributed by atoms with E-state index in [0.29, 0.717) is 0 Å². The zero-order chi connectivity index (χ0) is 21.1. The van der Waals surface area contributed by atoms with Crippen molar-refractivity contribution in [1.82, 2.24) is 19.8 Å². The molecular weight excluding hydrogens is 505 g/mol. The van der Waals surface area contributed by atoms with Crippen LogP contribution in [-0.2, 0) is 19.5 Å². The van der Waals surface area contributed by atoms with Gasteiger partial charge in [0.05, 0.1) is 25.3 Å². The third kappa shape index (κ3) is 4.73. The molecule has 1 aliphatic heterocycles. The fourth-order valence-corrected chi connectivity index (χ4v) is 4.15. The number of nitrogens with zero attached hydrogens (tertiary/aromatic N) is 4. The molecule has 0 atom stereocenters. The molecule has 1 aliphatic rings. The second-order valence-corrected chi connectivity index (χ2v) is 7.42. The SMILES string of the molecule is CN=C(NCCn1c(C)nc2ccccc21)N1CCc2cc(OC)c(OC)cc2C1.I. The first kappa shape index (κ1) is 23.2. The number of benzene rings is 2. The van der Waals surface area contributed by atoms with E-state index < -0.39 is 0 Å². The van der Waals surface area contributed by atoms with E-state index in [1.165, 1.54) is 16.6 Å². The number of hydrogen-bond donors (Lipinski definition) is 1. The Hall–Kier alpha value is -2.49. The molecule has 0 fully saturated rings. The van der Waals surface area contributed by atoms with Crippen LogP contribution in [0.2, 0.25) is 0 Å². The molecule has 2 heterocycles. The predicted molar refractivity (Wildman–Crippen MR) is 135 cm³/mol. The van der Waals surface area contributed by atoms with Gasteiger partial charge in [-0.25, -0.2) is 4.98 Å². The van der Waals surface area contributed by atoms with Gasteiger partial charge in [0, 0.05) is 33.2 Å². The standard InChI is InChI=1S/C23H29N5O2.HI/c1-16-26-19-7-5-6-8-20(19)28(16)12-10-25-23(24-2)27-11-9-17-13-21(29-3)22(30-4)14-18(17)15-27;/h5-8,13-14H,9-12,15H2,1-4H3,(H,24,25);1H. The van der Waals surface area contributed by atoms with Crippen LogP contribution >= 0.6 is 24.0 Å². The first-order valence-corrected chi connectivity index (χ1v) is 10.3. The predicted octanol–water partition coefficient (Wildman–Crippen LogP) is 3.61. The summed E-state index contributed by atoms with van der Waals surface area (Å²) < 4.78 is 13.2. The maximum absolute atomic E-state index is 5.48. The average molecular weight is 535 g/mol. The minimum Gasteiger partial charge on any atom is -0.493 e. The third-order valence-corrected chi connectivity index (χ3v) is 5.69. The van der Waals surface area contributed by atoms with E-state index in [0.717, 1.165) is 61.4 Å². The minimum absolute atomic E-state index is 0. The molecule has 0 unspecified atom stereocenters. The van der Waals surface area contributed by atoms with E-state index in [1.54, 1.807) is 14.2 Å². The molecule has 166 valence electrons. The molecule has 0 aliphatic carbocycles. The van der Waals surface area contributed by atoms with Crippen molar-refractivity contribution in [2.24, 2.45) is 4.99 Å². The fraction of sp³-hybridized carbons (Fsp3) is 0.391. The number of methoxy groups -OCH3 is 2. The Labute approximate surface area is 200 Å². The number of aromatic nitrogens is 2. The summed E-state index contributed by atoms with van der Waals surface area (Å²) in [5, 5.41) is 3.52. The largest absolute Gasteiger partial charge is 0.493 e. The number of imidazole rings is 1. The second-order valence-electron chi connectivity index (χ2n) is 7.42. The van der Waals surface area contributed by atoms with E-state index >= 15 is 0 Å². The lowest BCUT2D eigenvalue weighted by atomic mass is 9.99. The Kier molecular flexibility index (Phi) is 7.64. The highest BCUT2D eigenvalue weighted by molar-refractivity contribution is 14.0. The number of aliphatic imine (C=N–C) groups is 1. The number of ether oxygens (including phenoxy) is 2. The number of nitrogens with one attached hydrogen (secondary N) is 1. The van der Waals surface area contributed by atoms with Crippen molar-refractivity contribution in [2.75, 3.05) is 34.4 Å². The zero-order valence-corrected chi connectivity index (χ0v) is 20.8. The molecule has 0 saturated heterocycles. The number of halogens is 1. The van der Waals surface area contributed by atoms with Crippen molar-refractivity contribution in [3.05, 3.63) is 53.3 Å². The number of hydrogen-bond acceptors (Lipinski definition) is 4. The maximum Gasteiger partial charge on any atom is 0.194 e. The Morgan fingerprint density at radius 2 is 1.84 bits per heavy atom. The number of aryl methyl sites for hydroxylation is 1. The van der Waals surface area contributed by atoms with Crippen molar-refractivity contribution in [2.45, 2.75) is 26.4 Å². The van der Waals surface area contributed by atoms with Crippen LogP contribution in [-0.4, -0.2) is 54.8 Å². The highest BCUT2D eigenvalue weighted by Gasteiger charge is 2.21. The van der Waals surface area contributed by atoms with Gasteiger partial charge in [-0.2, -0.15) is 0 Å². The fourth-order valence-electron chi connectivity index (χ4n) is 4.15. The highest BCUT2D eigenvalue weighted by Crippen LogP contribution is 2.33. The zero-order valence-electron chi connectivity index (χ0n) is 18.5. The van der Waals surface area contributed by atoms with Crippen molar-refractivity contribution in [3.8, 4) is 11.5 Å². The smallest absolute Gasteiger partial charge is 0.194 e. The molecule has 1 aromatic heterocycles. The Balaban J connectivity index is 0.00000272.